The van der Waals surface area contributed by atoms with Gasteiger partial charge < -0.3 is 5.11 Å². The van der Waals surface area contributed by atoms with Crippen molar-refractivity contribution in [1.29, 1.82) is 0 Å². The van der Waals surface area contributed by atoms with E-state index < -0.39 is 28.5 Å². The summed E-state index contributed by atoms with van der Waals surface area (Å²) in [5.41, 5.74) is -3.14. The smallest absolute Gasteiger partial charge is 0.385 e. The number of hydrogen-bond acceptors (Lipinski definition) is 1. The number of halogens is 3. The predicted octanol–water partition coefficient (Wildman–Crippen LogP) is 4.48. The molecule has 1 nitrogen and oxygen atoms in total. The molecule has 1 aliphatic rings. The van der Waals surface area contributed by atoms with Gasteiger partial charge in [-0.1, -0.05) is 59.8 Å². The van der Waals surface area contributed by atoms with Gasteiger partial charge in [-0.25, -0.2) is 0 Å². The van der Waals surface area contributed by atoms with Crippen molar-refractivity contribution in [2.75, 3.05) is 0 Å². The van der Waals surface area contributed by atoms with E-state index in [-0.39, 0.29) is 0 Å². The molecule has 0 aliphatic heterocycles. The Morgan fingerprint density at radius 3 is 1.84 bits per heavy atom. The van der Waals surface area contributed by atoms with E-state index in [9.17, 15) is 18.3 Å². The Morgan fingerprint density at radius 1 is 1.05 bits per heavy atom. The van der Waals surface area contributed by atoms with E-state index in [0.717, 1.165) is 6.08 Å². The molecule has 110 valence electrons. The summed E-state index contributed by atoms with van der Waals surface area (Å²) in [7, 11) is 0. The Labute approximate surface area is 113 Å². The average Bonchev–Trinajstić information content (AvgIpc) is 2.12. The van der Waals surface area contributed by atoms with Gasteiger partial charge in [0, 0.05) is 0 Å². The first-order valence-electron chi connectivity index (χ1n) is 6.40. The van der Waals surface area contributed by atoms with Gasteiger partial charge >= 0.3 is 6.18 Å². The minimum absolute atomic E-state index is 0.419. The zero-order valence-corrected chi connectivity index (χ0v) is 12.4. The predicted molar refractivity (Wildman–Crippen MR) is 70.6 cm³/mol. The van der Waals surface area contributed by atoms with Crippen molar-refractivity contribution < 1.29 is 18.3 Å². The summed E-state index contributed by atoms with van der Waals surface area (Å²) in [6.07, 6.45) is -1.75. The molecule has 19 heavy (non-hydrogen) atoms. The van der Waals surface area contributed by atoms with E-state index in [2.05, 4.69) is 0 Å². The fourth-order valence-electron chi connectivity index (χ4n) is 2.45. The molecule has 1 aliphatic carbocycles. The molecule has 0 radical (unpaired) electrons. The highest BCUT2D eigenvalue weighted by atomic mass is 19.4. The highest BCUT2D eigenvalue weighted by Crippen LogP contribution is 2.56. The SMILES string of the molecule is CC(C)(C)C1=CC(C(C)(C)C)(C(F)(F)F)C=CC1O. The number of aliphatic hydroxyl groups excluding tert-OH is 1. The Bertz CT molecular complexity index is 389. The zero-order valence-electron chi connectivity index (χ0n) is 12.4. The van der Waals surface area contributed by atoms with Gasteiger partial charge in [-0.2, -0.15) is 13.2 Å². The summed E-state index contributed by atoms with van der Waals surface area (Å²) in [5, 5.41) is 9.95. The Hall–Kier alpha value is -0.770. The van der Waals surface area contributed by atoms with Crippen molar-refractivity contribution in [3.8, 4) is 0 Å². The lowest BCUT2D eigenvalue weighted by Gasteiger charge is -2.46. The minimum Gasteiger partial charge on any atom is -0.385 e. The molecule has 4 heteroatoms. The van der Waals surface area contributed by atoms with E-state index in [4.69, 9.17) is 0 Å². The molecule has 0 aromatic rings. The number of allylic oxidation sites excluding steroid dienone is 2. The van der Waals surface area contributed by atoms with Gasteiger partial charge in [0.25, 0.3) is 0 Å². The third-order valence-corrected chi connectivity index (χ3v) is 3.82. The second-order valence-electron chi connectivity index (χ2n) is 7.27. The van der Waals surface area contributed by atoms with Crippen LogP contribution in [0.2, 0.25) is 0 Å². The van der Waals surface area contributed by atoms with E-state index in [1.54, 1.807) is 20.8 Å². The lowest BCUT2D eigenvalue weighted by Crippen LogP contribution is -2.48. The van der Waals surface area contributed by atoms with Crippen LogP contribution in [0, 0.1) is 16.2 Å². The van der Waals surface area contributed by atoms with Crippen LogP contribution < -0.4 is 0 Å². The lowest BCUT2D eigenvalue weighted by molar-refractivity contribution is -0.219. The minimum atomic E-state index is -4.39. The zero-order chi connectivity index (χ0) is 15.3. The fourth-order valence-corrected chi connectivity index (χ4v) is 2.45. The van der Waals surface area contributed by atoms with Crippen LogP contribution in [0.15, 0.2) is 23.8 Å². The van der Waals surface area contributed by atoms with E-state index in [1.165, 1.54) is 12.2 Å². The molecule has 0 fully saturated rings. The Morgan fingerprint density at radius 2 is 1.53 bits per heavy atom. The molecule has 0 saturated carbocycles. The monoisotopic (exact) mass is 276 g/mol. The van der Waals surface area contributed by atoms with E-state index in [1.807, 2.05) is 20.8 Å². The van der Waals surface area contributed by atoms with Gasteiger partial charge in [-0.05, 0) is 16.4 Å². The summed E-state index contributed by atoms with van der Waals surface area (Å²) >= 11 is 0. The molecule has 0 amide bonds. The van der Waals surface area contributed by atoms with E-state index in [0.29, 0.717) is 5.57 Å². The molecular weight excluding hydrogens is 253 g/mol. The van der Waals surface area contributed by atoms with Gasteiger partial charge in [0.05, 0.1) is 6.10 Å². The highest BCUT2D eigenvalue weighted by molar-refractivity contribution is 5.35. The van der Waals surface area contributed by atoms with Gasteiger partial charge in [0.1, 0.15) is 5.41 Å². The second kappa shape index (κ2) is 4.37. The molecule has 0 aromatic carbocycles. The topological polar surface area (TPSA) is 20.2 Å². The van der Waals surface area contributed by atoms with Gasteiger partial charge in [-0.15, -0.1) is 0 Å². The molecule has 2 atom stereocenters. The van der Waals surface area contributed by atoms with Gasteiger partial charge in [0.15, 0.2) is 0 Å². The lowest BCUT2D eigenvalue weighted by atomic mass is 9.61. The summed E-state index contributed by atoms with van der Waals surface area (Å²) in [5.74, 6) is 0. The van der Waals surface area contributed by atoms with Gasteiger partial charge in [0.2, 0.25) is 0 Å². The molecular formula is C15H23F3O. The Balaban J connectivity index is 3.52. The molecule has 0 spiro atoms. The third kappa shape index (κ3) is 2.73. The van der Waals surface area contributed by atoms with Crippen molar-refractivity contribution in [1.82, 2.24) is 0 Å². The number of hydrogen-bond donors (Lipinski definition) is 1. The molecule has 2 unspecified atom stereocenters. The average molecular weight is 276 g/mol. The molecule has 0 bridgehead atoms. The standard InChI is InChI=1S/C15H23F3O/c1-12(2,3)10-9-14(13(4,5)6,15(16,17)18)8-7-11(10)19/h7-9,11,19H,1-6H3. The Kier molecular flexibility index (Phi) is 3.74. The summed E-state index contributed by atoms with van der Waals surface area (Å²) in [4.78, 5) is 0. The van der Waals surface area contributed by atoms with Gasteiger partial charge in [-0.3, -0.25) is 0 Å². The fraction of sp³-hybridized carbons (Fsp3) is 0.733. The van der Waals surface area contributed by atoms with Crippen LogP contribution in [0.3, 0.4) is 0 Å². The van der Waals surface area contributed by atoms with E-state index >= 15 is 0 Å². The summed E-state index contributed by atoms with van der Waals surface area (Å²) in [6.45, 7) is 10.1. The van der Waals surface area contributed by atoms with Crippen LogP contribution in [0.25, 0.3) is 0 Å². The van der Waals surface area contributed by atoms with Crippen LogP contribution in [-0.2, 0) is 0 Å². The van der Waals surface area contributed by atoms with Crippen LogP contribution in [-0.4, -0.2) is 17.4 Å². The number of alkyl halides is 3. The first-order valence-corrected chi connectivity index (χ1v) is 6.40. The highest BCUT2D eigenvalue weighted by Gasteiger charge is 2.59. The molecule has 0 aromatic heterocycles. The maximum atomic E-state index is 13.6. The molecule has 0 saturated heterocycles. The van der Waals surface area contributed by atoms with Crippen LogP contribution in [0.1, 0.15) is 41.5 Å². The number of rotatable bonds is 0. The quantitative estimate of drug-likeness (QED) is 0.647. The third-order valence-electron chi connectivity index (χ3n) is 3.82. The normalized spacial score (nSPS) is 29.4. The maximum Gasteiger partial charge on any atom is 0.401 e. The first kappa shape index (κ1) is 16.3. The van der Waals surface area contributed by atoms with Crippen LogP contribution in [0.4, 0.5) is 13.2 Å². The van der Waals surface area contributed by atoms with Crippen LogP contribution >= 0.6 is 0 Å². The van der Waals surface area contributed by atoms with Crippen LogP contribution in [0.5, 0.6) is 0 Å². The first-order chi connectivity index (χ1) is 8.22. The van der Waals surface area contributed by atoms with Crippen molar-refractivity contribution in [2.45, 2.75) is 53.8 Å². The number of aliphatic hydroxyl groups is 1. The van der Waals surface area contributed by atoms with Crippen molar-refractivity contribution in [2.24, 2.45) is 16.2 Å². The maximum absolute atomic E-state index is 13.6. The van der Waals surface area contributed by atoms with Crippen molar-refractivity contribution >= 4 is 0 Å². The van der Waals surface area contributed by atoms with Crippen molar-refractivity contribution in [3.63, 3.8) is 0 Å². The summed E-state index contributed by atoms with van der Waals surface area (Å²) in [6, 6.07) is 0. The molecule has 1 N–H and O–H groups in total. The molecule has 1 rings (SSSR count). The summed E-state index contributed by atoms with van der Waals surface area (Å²) < 4.78 is 40.8. The second-order valence-corrected chi connectivity index (χ2v) is 7.27. The molecule has 0 heterocycles. The van der Waals surface area contributed by atoms with Crippen molar-refractivity contribution in [3.05, 3.63) is 23.8 Å². The largest absolute Gasteiger partial charge is 0.401 e.